The second-order valence-corrected chi connectivity index (χ2v) is 7.43. The number of hydrogen-bond donors (Lipinski definition) is 2. The van der Waals surface area contributed by atoms with Crippen LogP contribution in [0.3, 0.4) is 0 Å². The average molecular weight is 375 g/mol. The Morgan fingerprint density at radius 2 is 1.89 bits per heavy atom. The Kier molecular flexibility index (Phi) is 5.77. The largest absolute Gasteiger partial charge is 0.493 e. The fourth-order valence-corrected chi connectivity index (χ4v) is 4.08. The maximum atomic E-state index is 13.0. The lowest BCUT2D eigenvalue weighted by Crippen LogP contribution is -2.53. The molecule has 0 aromatic heterocycles. The Bertz CT molecular complexity index is 702. The zero-order valence-corrected chi connectivity index (χ0v) is 16.3. The normalized spacial score (nSPS) is 23.3. The summed E-state index contributed by atoms with van der Waals surface area (Å²) < 4.78 is 16.6. The van der Waals surface area contributed by atoms with Gasteiger partial charge in [0.1, 0.15) is 12.4 Å². The van der Waals surface area contributed by atoms with Gasteiger partial charge >= 0.3 is 0 Å². The molecule has 3 rings (SSSR count). The number of hydrogen-bond acceptors (Lipinski definition) is 5. The summed E-state index contributed by atoms with van der Waals surface area (Å²) in [5.41, 5.74) is -0.888. The van der Waals surface area contributed by atoms with E-state index in [9.17, 15) is 4.79 Å². The highest BCUT2D eigenvalue weighted by Gasteiger charge is 2.50. The summed E-state index contributed by atoms with van der Waals surface area (Å²) in [5.74, 6) is 2.31. The molecule has 1 aliphatic carbocycles. The minimum absolute atomic E-state index is 0.0986. The maximum Gasteiger partial charge on any atom is 0.258 e. The molecular formula is C20H29N3O4. The van der Waals surface area contributed by atoms with E-state index in [1.54, 1.807) is 39.5 Å². The Balaban J connectivity index is 1.77. The molecule has 1 aliphatic heterocycles. The number of carbonyl (C=O) groups excluding carboxylic acids is 1. The van der Waals surface area contributed by atoms with Crippen LogP contribution in [-0.2, 0) is 4.79 Å². The van der Waals surface area contributed by atoms with Crippen LogP contribution < -0.4 is 19.5 Å². The van der Waals surface area contributed by atoms with Gasteiger partial charge in [-0.1, -0.05) is 32.1 Å². The summed E-state index contributed by atoms with van der Waals surface area (Å²) in [6.07, 6.45) is 6.63. The van der Waals surface area contributed by atoms with Gasteiger partial charge in [0.05, 0.1) is 14.2 Å². The molecule has 1 aromatic rings. The average Bonchev–Trinajstić information content (AvgIpc) is 2.91. The smallest absolute Gasteiger partial charge is 0.258 e. The molecular weight excluding hydrogens is 346 g/mol. The molecule has 27 heavy (non-hydrogen) atoms. The second kappa shape index (κ2) is 8.06. The molecule has 1 atom stereocenters. The minimum Gasteiger partial charge on any atom is -0.493 e. The number of amides is 1. The number of ether oxygens (including phenoxy) is 3. The summed E-state index contributed by atoms with van der Waals surface area (Å²) in [6.45, 7) is 0.171. The fraction of sp³-hybridized carbons (Fsp3) is 0.600. The lowest BCUT2D eigenvalue weighted by Gasteiger charge is -2.32. The molecule has 1 saturated carbocycles. The van der Waals surface area contributed by atoms with E-state index in [0.717, 1.165) is 12.8 Å². The molecule has 0 bridgehead atoms. The van der Waals surface area contributed by atoms with Crippen LogP contribution in [0.25, 0.3) is 0 Å². The standard InChI is InChI=1S/C20H29N3O4/c1-23-18(24)20(22-19(23)21,12-14-7-5-4-6-8-14)13-27-15-9-10-16(25-2)17(11-15)26-3/h9-11,14H,4-8,12-13H2,1-3H3,(H2,21,22). The van der Waals surface area contributed by atoms with Crippen molar-refractivity contribution in [1.82, 2.24) is 10.2 Å². The van der Waals surface area contributed by atoms with Gasteiger partial charge in [0.2, 0.25) is 0 Å². The van der Waals surface area contributed by atoms with E-state index < -0.39 is 5.54 Å². The SMILES string of the molecule is COc1ccc(OCC2(CC3CCCCC3)NC(=N)N(C)C2=O)cc1OC. The minimum atomic E-state index is -0.888. The number of nitrogens with one attached hydrogen (secondary N) is 2. The molecule has 1 saturated heterocycles. The monoisotopic (exact) mass is 375 g/mol. The Labute approximate surface area is 160 Å². The van der Waals surface area contributed by atoms with Crippen molar-refractivity contribution in [2.75, 3.05) is 27.9 Å². The van der Waals surface area contributed by atoms with Crippen LogP contribution in [0.1, 0.15) is 38.5 Å². The van der Waals surface area contributed by atoms with Gasteiger partial charge in [-0.25, -0.2) is 0 Å². The molecule has 0 spiro atoms. The van der Waals surface area contributed by atoms with Gasteiger partial charge in [0, 0.05) is 13.1 Å². The highest BCUT2D eigenvalue weighted by Crippen LogP contribution is 2.35. The maximum absolute atomic E-state index is 13.0. The Morgan fingerprint density at radius 1 is 1.19 bits per heavy atom. The number of carbonyl (C=O) groups is 1. The number of methoxy groups -OCH3 is 2. The molecule has 2 aliphatic rings. The number of benzene rings is 1. The van der Waals surface area contributed by atoms with E-state index in [1.165, 1.54) is 24.2 Å². The lowest BCUT2D eigenvalue weighted by molar-refractivity contribution is -0.132. The summed E-state index contributed by atoms with van der Waals surface area (Å²) in [5, 5.41) is 11.2. The van der Waals surface area contributed by atoms with Crippen molar-refractivity contribution in [3.05, 3.63) is 18.2 Å². The van der Waals surface area contributed by atoms with Crippen molar-refractivity contribution in [2.24, 2.45) is 5.92 Å². The first-order valence-electron chi connectivity index (χ1n) is 9.49. The van der Waals surface area contributed by atoms with E-state index >= 15 is 0 Å². The van der Waals surface area contributed by atoms with Crippen molar-refractivity contribution in [3.8, 4) is 17.2 Å². The van der Waals surface area contributed by atoms with Crippen LogP contribution >= 0.6 is 0 Å². The second-order valence-electron chi connectivity index (χ2n) is 7.43. The van der Waals surface area contributed by atoms with E-state index in [-0.39, 0.29) is 18.5 Å². The Morgan fingerprint density at radius 3 is 2.48 bits per heavy atom. The first-order chi connectivity index (χ1) is 13.0. The molecule has 148 valence electrons. The number of likely N-dealkylation sites (N-methyl/N-ethyl adjacent to an activating group) is 1. The molecule has 7 heteroatoms. The summed E-state index contributed by atoms with van der Waals surface area (Å²) in [6, 6.07) is 5.33. The lowest BCUT2D eigenvalue weighted by atomic mass is 9.79. The highest BCUT2D eigenvalue weighted by molar-refractivity contribution is 6.07. The third-order valence-electron chi connectivity index (χ3n) is 5.61. The van der Waals surface area contributed by atoms with Crippen LogP contribution in [-0.4, -0.2) is 50.2 Å². The fourth-order valence-electron chi connectivity index (χ4n) is 4.08. The van der Waals surface area contributed by atoms with Crippen LogP contribution in [0.15, 0.2) is 18.2 Å². The number of guanidine groups is 1. The first-order valence-corrected chi connectivity index (χ1v) is 9.49. The summed E-state index contributed by atoms with van der Waals surface area (Å²) in [4.78, 5) is 14.3. The van der Waals surface area contributed by atoms with Crippen LogP contribution in [0.4, 0.5) is 0 Å². The molecule has 1 amide bonds. The van der Waals surface area contributed by atoms with Crippen molar-refractivity contribution in [2.45, 2.75) is 44.1 Å². The van der Waals surface area contributed by atoms with Gasteiger partial charge in [-0.05, 0) is 24.5 Å². The Hall–Kier alpha value is -2.44. The van der Waals surface area contributed by atoms with Crippen LogP contribution in [0.2, 0.25) is 0 Å². The molecule has 1 aromatic carbocycles. The van der Waals surface area contributed by atoms with Crippen LogP contribution in [0.5, 0.6) is 17.2 Å². The van der Waals surface area contributed by atoms with Crippen molar-refractivity contribution < 1.29 is 19.0 Å². The highest BCUT2D eigenvalue weighted by atomic mass is 16.5. The van der Waals surface area contributed by atoms with Gasteiger partial charge in [-0.15, -0.1) is 0 Å². The molecule has 1 heterocycles. The van der Waals surface area contributed by atoms with Crippen molar-refractivity contribution in [3.63, 3.8) is 0 Å². The van der Waals surface area contributed by atoms with Gasteiger partial charge in [-0.3, -0.25) is 15.1 Å². The van der Waals surface area contributed by atoms with E-state index in [4.69, 9.17) is 19.6 Å². The number of rotatable bonds is 7. The van der Waals surface area contributed by atoms with E-state index in [1.807, 2.05) is 0 Å². The van der Waals surface area contributed by atoms with Crippen LogP contribution in [0, 0.1) is 11.3 Å². The third kappa shape index (κ3) is 3.96. The topological polar surface area (TPSA) is 83.9 Å². The van der Waals surface area contributed by atoms with Gasteiger partial charge in [0.15, 0.2) is 23.0 Å². The van der Waals surface area contributed by atoms with Gasteiger partial charge < -0.3 is 19.5 Å². The summed E-state index contributed by atoms with van der Waals surface area (Å²) in [7, 11) is 4.79. The summed E-state index contributed by atoms with van der Waals surface area (Å²) >= 11 is 0. The van der Waals surface area contributed by atoms with E-state index in [2.05, 4.69) is 5.32 Å². The molecule has 2 N–H and O–H groups in total. The zero-order chi connectivity index (χ0) is 19.4. The quantitative estimate of drug-likeness (QED) is 0.766. The predicted octanol–water partition coefficient (Wildman–Crippen LogP) is 2.79. The molecule has 0 radical (unpaired) electrons. The van der Waals surface area contributed by atoms with Crippen molar-refractivity contribution in [1.29, 1.82) is 5.41 Å². The van der Waals surface area contributed by atoms with Gasteiger partial charge in [-0.2, -0.15) is 0 Å². The van der Waals surface area contributed by atoms with Crippen molar-refractivity contribution >= 4 is 11.9 Å². The number of nitrogens with zero attached hydrogens (tertiary/aromatic N) is 1. The predicted molar refractivity (Wildman–Crippen MR) is 103 cm³/mol. The molecule has 7 nitrogen and oxygen atoms in total. The zero-order valence-electron chi connectivity index (χ0n) is 16.3. The third-order valence-corrected chi connectivity index (χ3v) is 5.61. The van der Waals surface area contributed by atoms with E-state index in [0.29, 0.717) is 29.6 Å². The van der Waals surface area contributed by atoms with Gasteiger partial charge in [0.25, 0.3) is 5.91 Å². The molecule has 2 fully saturated rings. The molecule has 1 unspecified atom stereocenters. The first kappa shape index (κ1) is 19.3.